The zero-order chi connectivity index (χ0) is 11.9. The third-order valence-corrected chi connectivity index (χ3v) is 3.85. The summed E-state index contributed by atoms with van der Waals surface area (Å²) >= 11 is 3.56. The molecule has 1 aromatic rings. The summed E-state index contributed by atoms with van der Waals surface area (Å²) in [6, 6.07) is 4.03. The molecule has 1 aliphatic carbocycles. The molecular weight excluding hydrogens is 268 g/mol. The number of hydrogen-bond acceptors (Lipinski definition) is 2. The Morgan fingerprint density at radius 3 is 2.44 bits per heavy atom. The number of rotatable bonds is 3. The van der Waals surface area contributed by atoms with Crippen molar-refractivity contribution in [2.45, 2.75) is 38.2 Å². The predicted octanol–water partition coefficient (Wildman–Crippen LogP) is 3.56. The molecule has 3 heteroatoms. The molecule has 0 saturated heterocycles. The highest BCUT2D eigenvalue weighted by Gasteiger charge is 2.44. The number of hydrogen-bond donors (Lipinski definition) is 1. The summed E-state index contributed by atoms with van der Waals surface area (Å²) in [4.78, 5) is 0. The van der Waals surface area contributed by atoms with Crippen molar-refractivity contribution in [3.63, 3.8) is 0 Å². The van der Waals surface area contributed by atoms with Crippen LogP contribution in [0.2, 0.25) is 0 Å². The monoisotopic (exact) mass is 284 g/mol. The molecule has 88 valence electrons. The van der Waals surface area contributed by atoms with Crippen LogP contribution >= 0.6 is 15.9 Å². The summed E-state index contributed by atoms with van der Waals surface area (Å²) < 4.78 is 6.43. The first kappa shape index (κ1) is 11.9. The van der Waals surface area contributed by atoms with Gasteiger partial charge in [-0.3, -0.25) is 0 Å². The second kappa shape index (κ2) is 4.04. The Morgan fingerprint density at radius 2 is 2.00 bits per heavy atom. The van der Waals surface area contributed by atoms with Crippen LogP contribution in [0.25, 0.3) is 0 Å². The van der Waals surface area contributed by atoms with Crippen molar-refractivity contribution in [1.82, 2.24) is 0 Å². The standard InChI is InChI=1S/C13H17BrO2/c1-8(2)9-6-12(16-3)10(7-11(9)14)13(15)4-5-13/h6-8,15H,4-5H2,1-3H3. The summed E-state index contributed by atoms with van der Waals surface area (Å²) in [5, 5.41) is 10.2. The lowest BCUT2D eigenvalue weighted by atomic mass is 9.98. The van der Waals surface area contributed by atoms with E-state index in [1.54, 1.807) is 7.11 Å². The predicted molar refractivity (Wildman–Crippen MR) is 67.9 cm³/mol. The lowest BCUT2D eigenvalue weighted by Gasteiger charge is -2.17. The minimum Gasteiger partial charge on any atom is -0.496 e. The summed E-state index contributed by atoms with van der Waals surface area (Å²) in [6.07, 6.45) is 1.66. The molecule has 1 N–H and O–H groups in total. The van der Waals surface area contributed by atoms with Crippen LogP contribution in [0.15, 0.2) is 16.6 Å². The third kappa shape index (κ3) is 1.98. The van der Waals surface area contributed by atoms with E-state index in [1.165, 1.54) is 5.56 Å². The smallest absolute Gasteiger partial charge is 0.125 e. The average Bonchev–Trinajstić information content (AvgIpc) is 2.97. The van der Waals surface area contributed by atoms with Gasteiger partial charge < -0.3 is 9.84 Å². The van der Waals surface area contributed by atoms with Crippen molar-refractivity contribution in [1.29, 1.82) is 0 Å². The van der Waals surface area contributed by atoms with Gasteiger partial charge in [-0.1, -0.05) is 29.8 Å². The highest BCUT2D eigenvalue weighted by molar-refractivity contribution is 9.10. The number of aliphatic hydroxyl groups is 1. The lowest BCUT2D eigenvalue weighted by Crippen LogP contribution is -2.08. The Balaban J connectivity index is 2.51. The molecule has 1 fully saturated rings. The molecule has 0 atom stereocenters. The quantitative estimate of drug-likeness (QED) is 0.920. The van der Waals surface area contributed by atoms with Gasteiger partial charge in [-0.2, -0.15) is 0 Å². The summed E-state index contributed by atoms with van der Waals surface area (Å²) in [5.41, 5.74) is 1.47. The normalized spacial score (nSPS) is 17.6. The zero-order valence-electron chi connectivity index (χ0n) is 9.88. The summed E-state index contributed by atoms with van der Waals surface area (Å²) in [5.74, 6) is 1.23. The van der Waals surface area contributed by atoms with Crippen LogP contribution in [0.3, 0.4) is 0 Å². The molecule has 1 aliphatic rings. The number of ether oxygens (including phenoxy) is 1. The van der Waals surface area contributed by atoms with Gasteiger partial charge >= 0.3 is 0 Å². The molecule has 0 aromatic heterocycles. The molecular formula is C13H17BrO2. The highest BCUT2D eigenvalue weighted by atomic mass is 79.9. The summed E-state index contributed by atoms with van der Waals surface area (Å²) in [7, 11) is 1.66. The van der Waals surface area contributed by atoms with E-state index < -0.39 is 5.60 Å². The molecule has 0 spiro atoms. The number of halogens is 1. The van der Waals surface area contributed by atoms with E-state index in [-0.39, 0.29) is 0 Å². The molecule has 0 heterocycles. The Morgan fingerprint density at radius 1 is 1.38 bits per heavy atom. The van der Waals surface area contributed by atoms with Gasteiger partial charge in [0.2, 0.25) is 0 Å². The first-order valence-electron chi connectivity index (χ1n) is 5.58. The summed E-state index contributed by atoms with van der Waals surface area (Å²) in [6.45, 7) is 4.29. The third-order valence-electron chi connectivity index (χ3n) is 3.17. The van der Waals surface area contributed by atoms with Crippen molar-refractivity contribution in [3.05, 3.63) is 27.7 Å². The fourth-order valence-electron chi connectivity index (χ4n) is 1.93. The fourth-order valence-corrected chi connectivity index (χ4v) is 2.73. The van der Waals surface area contributed by atoms with Crippen molar-refractivity contribution in [2.75, 3.05) is 7.11 Å². The van der Waals surface area contributed by atoms with E-state index in [4.69, 9.17) is 4.74 Å². The lowest BCUT2D eigenvalue weighted by molar-refractivity contribution is 0.147. The van der Waals surface area contributed by atoms with E-state index in [0.29, 0.717) is 5.92 Å². The van der Waals surface area contributed by atoms with Crippen molar-refractivity contribution >= 4 is 15.9 Å². The van der Waals surface area contributed by atoms with Gasteiger partial charge in [0.15, 0.2) is 0 Å². The van der Waals surface area contributed by atoms with E-state index in [1.807, 2.05) is 12.1 Å². The van der Waals surface area contributed by atoms with E-state index in [0.717, 1.165) is 28.6 Å². The minimum absolute atomic E-state index is 0.436. The zero-order valence-corrected chi connectivity index (χ0v) is 11.5. The maximum atomic E-state index is 10.2. The maximum absolute atomic E-state index is 10.2. The highest BCUT2D eigenvalue weighted by Crippen LogP contribution is 2.50. The van der Waals surface area contributed by atoms with Crippen LogP contribution in [0.1, 0.15) is 43.7 Å². The van der Waals surface area contributed by atoms with Gasteiger partial charge in [0, 0.05) is 10.0 Å². The topological polar surface area (TPSA) is 29.5 Å². The van der Waals surface area contributed by atoms with Gasteiger partial charge in [0.05, 0.1) is 12.7 Å². The Bertz CT molecular complexity index is 409. The molecule has 0 bridgehead atoms. The van der Waals surface area contributed by atoms with Gasteiger partial charge in [0.1, 0.15) is 5.75 Å². The van der Waals surface area contributed by atoms with E-state index in [2.05, 4.69) is 29.8 Å². The van der Waals surface area contributed by atoms with Gasteiger partial charge in [-0.25, -0.2) is 0 Å². The van der Waals surface area contributed by atoms with Crippen molar-refractivity contribution < 1.29 is 9.84 Å². The Hall–Kier alpha value is -0.540. The SMILES string of the molecule is COc1cc(C(C)C)c(Br)cc1C1(O)CC1. The van der Waals surface area contributed by atoms with Crippen LogP contribution in [0, 0.1) is 0 Å². The van der Waals surface area contributed by atoms with Crippen LogP contribution < -0.4 is 4.74 Å². The van der Waals surface area contributed by atoms with Crippen molar-refractivity contribution in [3.8, 4) is 5.75 Å². The van der Waals surface area contributed by atoms with Crippen LogP contribution in [-0.2, 0) is 5.60 Å². The Labute approximate surface area is 105 Å². The van der Waals surface area contributed by atoms with E-state index in [9.17, 15) is 5.11 Å². The molecule has 0 aliphatic heterocycles. The average molecular weight is 285 g/mol. The second-order valence-electron chi connectivity index (χ2n) is 4.76. The van der Waals surface area contributed by atoms with Gasteiger partial charge in [0.25, 0.3) is 0 Å². The Kier molecular flexibility index (Phi) is 3.01. The first-order chi connectivity index (χ1) is 7.48. The minimum atomic E-state index is -0.649. The fraction of sp³-hybridized carbons (Fsp3) is 0.538. The molecule has 1 saturated carbocycles. The molecule has 2 rings (SSSR count). The molecule has 16 heavy (non-hydrogen) atoms. The maximum Gasteiger partial charge on any atom is 0.125 e. The van der Waals surface area contributed by atoms with Crippen LogP contribution in [-0.4, -0.2) is 12.2 Å². The number of benzene rings is 1. The molecule has 0 amide bonds. The largest absolute Gasteiger partial charge is 0.496 e. The van der Waals surface area contributed by atoms with Gasteiger partial charge in [-0.05, 0) is 36.5 Å². The molecule has 0 radical (unpaired) electrons. The molecule has 0 unspecified atom stereocenters. The second-order valence-corrected chi connectivity index (χ2v) is 5.61. The molecule has 2 nitrogen and oxygen atoms in total. The van der Waals surface area contributed by atoms with Crippen molar-refractivity contribution in [2.24, 2.45) is 0 Å². The number of methoxy groups -OCH3 is 1. The molecule has 1 aromatic carbocycles. The van der Waals surface area contributed by atoms with Gasteiger partial charge in [-0.15, -0.1) is 0 Å². The van der Waals surface area contributed by atoms with Crippen LogP contribution in [0.5, 0.6) is 5.75 Å². The first-order valence-corrected chi connectivity index (χ1v) is 6.37. The van der Waals surface area contributed by atoms with Crippen LogP contribution in [0.4, 0.5) is 0 Å². The van der Waals surface area contributed by atoms with E-state index >= 15 is 0 Å².